The Kier molecular flexibility index (Phi) is 6.78. The number of para-hydroxylation sites is 1. The van der Waals surface area contributed by atoms with Crippen LogP contribution < -0.4 is 5.32 Å². The molecule has 0 saturated carbocycles. The number of allylic oxidation sites excluding steroid dienone is 1. The molecule has 0 fully saturated rings. The number of halogens is 2. The highest BCUT2D eigenvalue weighted by Crippen LogP contribution is 2.32. The molecule has 2 aromatic carbocycles. The van der Waals surface area contributed by atoms with Crippen molar-refractivity contribution < 1.29 is 4.79 Å². The summed E-state index contributed by atoms with van der Waals surface area (Å²) in [5, 5.41) is 12.3. The van der Waals surface area contributed by atoms with Crippen molar-refractivity contribution in [1.82, 2.24) is 14.8 Å². The average Bonchev–Trinajstić information content (AvgIpc) is 3.08. The first-order valence-electron chi connectivity index (χ1n) is 8.52. The first-order chi connectivity index (χ1) is 13.5. The topological polar surface area (TPSA) is 59.8 Å². The van der Waals surface area contributed by atoms with Gasteiger partial charge in [-0.15, -0.1) is 16.8 Å². The summed E-state index contributed by atoms with van der Waals surface area (Å²) in [5.74, 6) is 0.499. The van der Waals surface area contributed by atoms with Crippen LogP contribution in [0.25, 0.3) is 11.4 Å². The molecule has 0 bridgehead atoms. The fourth-order valence-corrected chi connectivity index (χ4v) is 3.87. The number of benzene rings is 2. The fraction of sp³-hybridized carbons (Fsp3) is 0.150. The second-order valence-electron chi connectivity index (χ2n) is 5.92. The molecule has 0 spiro atoms. The van der Waals surface area contributed by atoms with E-state index in [4.69, 9.17) is 23.2 Å². The summed E-state index contributed by atoms with van der Waals surface area (Å²) in [6.07, 6.45) is 1.77. The summed E-state index contributed by atoms with van der Waals surface area (Å²) in [6.45, 7) is 6.13. The van der Waals surface area contributed by atoms with Crippen LogP contribution >= 0.6 is 35.0 Å². The number of aromatic nitrogens is 3. The number of hydrogen-bond acceptors (Lipinski definition) is 4. The molecule has 8 heteroatoms. The monoisotopic (exact) mass is 432 g/mol. The third kappa shape index (κ3) is 4.58. The van der Waals surface area contributed by atoms with Crippen molar-refractivity contribution in [3.8, 4) is 11.4 Å². The van der Waals surface area contributed by atoms with Crippen molar-refractivity contribution in [3.63, 3.8) is 0 Å². The van der Waals surface area contributed by atoms with Crippen LogP contribution in [0.3, 0.4) is 0 Å². The van der Waals surface area contributed by atoms with Crippen LogP contribution in [0, 0.1) is 0 Å². The van der Waals surface area contributed by atoms with Gasteiger partial charge in [0, 0.05) is 12.1 Å². The summed E-state index contributed by atoms with van der Waals surface area (Å²) >= 11 is 13.6. The Labute approximate surface area is 177 Å². The van der Waals surface area contributed by atoms with Crippen LogP contribution in [-0.2, 0) is 11.3 Å². The molecule has 0 aliphatic heterocycles. The highest BCUT2D eigenvalue weighted by molar-refractivity contribution is 8.00. The highest BCUT2D eigenvalue weighted by atomic mass is 35.5. The third-order valence-corrected chi connectivity index (χ3v) is 5.63. The van der Waals surface area contributed by atoms with E-state index >= 15 is 0 Å². The van der Waals surface area contributed by atoms with Gasteiger partial charge in [-0.05, 0) is 19.1 Å². The predicted molar refractivity (Wildman–Crippen MR) is 116 cm³/mol. The number of carbonyl (C=O) groups excluding carboxylic acids is 1. The Balaban J connectivity index is 1.80. The van der Waals surface area contributed by atoms with Gasteiger partial charge in [0.2, 0.25) is 5.91 Å². The van der Waals surface area contributed by atoms with E-state index in [0.29, 0.717) is 27.4 Å². The lowest BCUT2D eigenvalue weighted by Crippen LogP contribution is -2.23. The second kappa shape index (κ2) is 9.28. The van der Waals surface area contributed by atoms with Gasteiger partial charge in [-0.1, -0.05) is 77.4 Å². The Morgan fingerprint density at radius 1 is 1.18 bits per heavy atom. The van der Waals surface area contributed by atoms with Crippen LogP contribution in [0.5, 0.6) is 0 Å². The number of nitrogens with zero attached hydrogens (tertiary/aromatic N) is 3. The van der Waals surface area contributed by atoms with Gasteiger partial charge in [-0.2, -0.15) is 0 Å². The number of anilines is 1. The van der Waals surface area contributed by atoms with Crippen molar-refractivity contribution in [2.75, 3.05) is 5.32 Å². The molecule has 5 nitrogen and oxygen atoms in total. The van der Waals surface area contributed by atoms with Crippen LogP contribution in [-0.4, -0.2) is 25.9 Å². The zero-order valence-electron chi connectivity index (χ0n) is 15.1. The van der Waals surface area contributed by atoms with Crippen LogP contribution in [0.15, 0.2) is 66.3 Å². The SMILES string of the molecule is C=CCn1c(SC(C)C(=O)Nc2c(Cl)cccc2Cl)nnc1-c1ccccc1. The lowest BCUT2D eigenvalue weighted by molar-refractivity contribution is -0.115. The van der Waals surface area contributed by atoms with Gasteiger partial charge in [0.05, 0.1) is 21.0 Å². The Morgan fingerprint density at radius 3 is 2.50 bits per heavy atom. The molecule has 144 valence electrons. The van der Waals surface area contributed by atoms with Crippen LogP contribution in [0.2, 0.25) is 10.0 Å². The van der Waals surface area contributed by atoms with Gasteiger partial charge in [0.1, 0.15) is 0 Å². The molecule has 1 heterocycles. The average molecular weight is 433 g/mol. The lowest BCUT2D eigenvalue weighted by Gasteiger charge is -2.14. The molecule has 1 N–H and O–H groups in total. The molecule has 28 heavy (non-hydrogen) atoms. The van der Waals surface area contributed by atoms with Gasteiger partial charge < -0.3 is 5.32 Å². The first kappa shape index (κ1) is 20.5. The predicted octanol–water partition coefficient (Wildman–Crippen LogP) is 5.56. The molecule has 0 saturated heterocycles. The number of carbonyl (C=O) groups is 1. The van der Waals surface area contributed by atoms with E-state index in [1.807, 2.05) is 34.9 Å². The number of hydrogen-bond donors (Lipinski definition) is 1. The molecule has 1 unspecified atom stereocenters. The van der Waals surface area contributed by atoms with Crippen molar-refractivity contribution in [2.24, 2.45) is 0 Å². The third-order valence-electron chi connectivity index (χ3n) is 3.92. The minimum absolute atomic E-state index is 0.227. The first-order valence-corrected chi connectivity index (χ1v) is 10.2. The zero-order chi connectivity index (χ0) is 20.1. The molecule has 1 amide bonds. The maximum Gasteiger partial charge on any atom is 0.237 e. The maximum absolute atomic E-state index is 12.6. The van der Waals surface area contributed by atoms with Gasteiger partial charge >= 0.3 is 0 Å². The summed E-state index contributed by atoms with van der Waals surface area (Å²) in [4.78, 5) is 12.6. The van der Waals surface area contributed by atoms with Crippen molar-refractivity contribution >= 4 is 46.6 Å². The van der Waals surface area contributed by atoms with E-state index in [0.717, 1.165) is 11.4 Å². The number of rotatable bonds is 7. The minimum atomic E-state index is -0.441. The van der Waals surface area contributed by atoms with E-state index in [2.05, 4.69) is 22.1 Å². The summed E-state index contributed by atoms with van der Waals surface area (Å²) in [6, 6.07) is 14.8. The van der Waals surface area contributed by atoms with Crippen LogP contribution in [0.1, 0.15) is 6.92 Å². The molecule has 3 rings (SSSR count). The smallest absolute Gasteiger partial charge is 0.237 e. The Morgan fingerprint density at radius 2 is 1.86 bits per heavy atom. The molecule has 1 atom stereocenters. The maximum atomic E-state index is 12.6. The molecule has 3 aromatic rings. The molecule has 0 aliphatic rings. The molecular weight excluding hydrogens is 415 g/mol. The molecular formula is C20H18Cl2N4OS. The lowest BCUT2D eigenvalue weighted by atomic mass is 10.2. The Bertz CT molecular complexity index is 971. The Hall–Kier alpha value is -2.28. The van der Waals surface area contributed by atoms with E-state index in [1.54, 1.807) is 31.2 Å². The summed E-state index contributed by atoms with van der Waals surface area (Å²) in [5.41, 5.74) is 1.35. The molecule has 1 aromatic heterocycles. The number of amides is 1. The van der Waals surface area contributed by atoms with Crippen molar-refractivity contribution in [3.05, 3.63) is 71.2 Å². The van der Waals surface area contributed by atoms with E-state index < -0.39 is 5.25 Å². The van der Waals surface area contributed by atoms with Crippen molar-refractivity contribution in [1.29, 1.82) is 0 Å². The highest BCUT2D eigenvalue weighted by Gasteiger charge is 2.21. The minimum Gasteiger partial charge on any atom is -0.323 e. The molecule has 0 aliphatic carbocycles. The van der Waals surface area contributed by atoms with E-state index in [-0.39, 0.29) is 5.91 Å². The van der Waals surface area contributed by atoms with Gasteiger partial charge in [0.25, 0.3) is 0 Å². The van der Waals surface area contributed by atoms with E-state index in [9.17, 15) is 4.79 Å². The van der Waals surface area contributed by atoms with Crippen LogP contribution in [0.4, 0.5) is 5.69 Å². The standard InChI is InChI=1S/C20H18Cl2N4OS/c1-3-12-26-18(14-8-5-4-6-9-14)24-25-20(26)28-13(2)19(27)23-17-15(21)10-7-11-16(17)22/h3-11,13H,1,12H2,2H3,(H,23,27). The van der Waals surface area contributed by atoms with E-state index in [1.165, 1.54) is 11.8 Å². The zero-order valence-corrected chi connectivity index (χ0v) is 17.4. The van der Waals surface area contributed by atoms with Gasteiger partial charge in [-0.25, -0.2) is 0 Å². The largest absolute Gasteiger partial charge is 0.323 e. The number of nitrogens with one attached hydrogen (secondary N) is 1. The number of thioether (sulfide) groups is 1. The van der Waals surface area contributed by atoms with Gasteiger partial charge in [0.15, 0.2) is 11.0 Å². The second-order valence-corrected chi connectivity index (χ2v) is 8.04. The summed E-state index contributed by atoms with van der Waals surface area (Å²) < 4.78 is 1.93. The quantitative estimate of drug-likeness (QED) is 0.392. The van der Waals surface area contributed by atoms with Gasteiger partial charge in [-0.3, -0.25) is 9.36 Å². The summed E-state index contributed by atoms with van der Waals surface area (Å²) in [7, 11) is 0. The normalized spacial score (nSPS) is 11.8. The molecule has 0 radical (unpaired) electrons. The van der Waals surface area contributed by atoms with Crippen molar-refractivity contribution in [2.45, 2.75) is 23.9 Å². The fourth-order valence-electron chi connectivity index (χ4n) is 2.52.